The highest BCUT2D eigenvalue weighted by molar-refractivity contribution is 8.00. The van der Waals surface area contributed by atoms with Crippen LogP contribution in [0.25, 0.3) is 5.69 Å². The van der Waals surface area contributed by atoms with Gasteiger partial charge in [-0.3, -0.25) is 19.1 Å². The Morgan fingerprint density at radius 2 is 1.72 bits per heavy atom. The van der Waals surface area contributed by atoms with Crippen molar-refractivity contribution < 1.29 is 9.59 Å². The minimum Gasteiger partial charge on any atom is -0.355 e. The van der Waals surface area contributed by atoms with Crippen molar-refractivity contribution in [3.05, 3.63) is 46.4 Å². The first-order valence-corrected chi connectivity index (χ1v) is 11.1. The van der Waals surface area contributed by atoms with Crippen molar-refractivity contribution in [2.75, 3.05) is 23.4 Å². The van der Waals surface area contributed by atoms with Crippen molar-refractivity contribution in [3.8, 4) is 5.69 Å². The van der Waals surface area contributed by atoms with Gasteiger partial charge in [-0.25, -0.2) is 4.68 Å². The van der Waals surface area contributed by atoms with Crippen molar-refractivity contribution in [1.29, 1.82) is 0 Å². The van der Waals surface area contributed by atoms with Gasteiger partial charge in [-0.15, -0.1) is 11.8 Å². The maximum absolute atomic E-state index is 12.8. The number of carbonyl (C=O) groups is 2. The minimum atomic E-state index is -0.295. The van der Waals surface area contributed by atoms with Crippen LogP contribution < -0.4 is 16.2 Å². The zero-order valence-electron chi connectivity index (χ0n) is 17.4. The third kappa shape index (κ3) is 6.52. The Bertz CT molecular complexity index is 874. The van der Waals surface area contributed by atoms with Crippen LogP contribution in [0.4, 0.5) is 5.69 Å². The Morgan fingerprint density at radius 1 is 1.03 bits per heavy atom. The fourth-order valence-electron chi connectivity index (χ4n) is 2.95. The Balaban J connectivity index is 1.85. The molecule has 7 nitrogen and oxygen atoms in total. The van der Waals surface area contributed by atoms with Gasteiger partial charge in [0, 0.05) is 13.6 Å². The quantitative estimate of drug-likeness (QED) is 0.550. The fourth-order valence-corrected chi connectivity index (χ4v) is 3.60. The molecular weight excluding hydrogens is 388 g/mol. The van der Waals surface area contributed by atoms with E-state index in [0.717, 1.165) is 24.9 Å². The number of benzene rings is 1. The van der Waals surface area contributed by atoms with E-state index in [-0.39, 0.29) is 34.6 Å². The molecule has 1 aromatic carbocycles. The normalized spacial score (nSPS) is 10.7. The summed E-state index contributed by atoms with van der Waals surface area (Å²) in [5, 5.41) is 5.57. The molecule has 0 saturated carbocycles. The smallest absolute Gasteiger partial charge is 0.295 e. The Hall–Kier alpha value is -2.48. The molecule has 0 aliphatic carbocycles. The Kier molecular flexibility index (Phi) is 9.05. The van der Waals surface area contributed by atoms with Crippen LogP contribution in [-0.4, -0.2) is 39.2 Å². The number of nitrogens with zero attached hydrogens (tertiary/aromatic N) is 2. The van der Waals surface area contributed by atoms with E-state index in [2.05, 4.69) is 17.6 Å². The van der Waals surface area contributed by atoms with E-state index in [1.807, 2.05) is 30.3 Å². The van der Waals surface area contributed by atoms with Crippen LogP contribution in [-0.2, 0) is 16.6 Å². The summed E-state index contributed by atoms with van der Waals surface area (Å²) in [5.74, 6) is -0.0237. The van der Waals surface area contributed by atoms with E-state index < -0.39 is 0 Å². The molecule has 2 amide bonds. The van der Waals surface area contributed by atoms with Crippen LogP contribution in [0.5, 0.6) is 0 Å². The number of aromatic nitrogens is 2. The van der Waals surface area contributed by atoms with Gasteiger partial charge in [0.2, 0.25) is 11.8 Å². The van der Waals surface area contributed by atoms with Gasteiger partial charge in [-0.05, 0) is 25.5 Å². The first kappa shape index (κ1) is 22.8. The predicted molar refractivity (Wildman–Crippen MR) is 119 cm³/mol. The maximum Gasteiger partial charge on any atom is 0.295 e. The van der Waals surface area contributed by atoms with Gasteiger partial charge in [0.15, 0.2) is 0 Å². The second-order valence-corrected chi connectivity index (χ2v) is 7.87. The molecule has 158 valence electrons. The largest absolute Gasteiger partial charge is 0.355 e. The Morgan fingerprint density at radius 3 is 2.41 bits per heavy atom. The lowest BCUT2D eigenvalue weighted by molar-refractivity contribution is -0.118. The highest BCUT2D eigenvalue weighted by Gasteiger charge is 2.18. The lowest BCUT2D eigenvalue weighted by Gasteiger charge is -2.07. The molecule has 0 fully saturated rings. The number of amides is 2. The summed E-state index contributed by atoms with van der Waals surface area (Å²) in [4.78, 5) is 36.9. The monoisotopic (exact) mass is 418 g/mol. The molecule has 0 aliphatic heterocycles. The summed E-state index contributed by atoms with van der Waals surface area (Å²) < 4.78 is 3.23. The second-order valence-electron chi connectivity index (χ2n) is 6.89. The summed E-state index contributed by atoms with van der Waals surface area (Å²) in [7, 11) is 1.78. The van der Waals surface area contributed by atoms with Crippen LogP contribution in [0.3, 0.4) is 0 Å². The number of carbonyl (C=O) groups excluding carboxylic acids is 2. The first-order chi connectivity index (χ1) is 14.0. The van der Waals surface area contributed by atoms with Crippen LogP contribution >= 0.6 is 11.8 Å². The van der Waals surface area contributed by atoms with E-state index >= 15 is 0 Å². The van der Waals surface area contributed by atoms with Crippen molar-refractivity contribution >= 4 is 29.3 Å². The second kappa shape index (κ2) is 11.5. The van der Waals surface area contributed by atoms with Gasteiger partial charge in [0.25, 0.3) is 5.56 Å². The standard InChI is InChI=1S/C21H30N4O3S/c1-4-5-6-10-13-22-18(26)14-29-15-19(27)23-20-16(2)24(3)25(21(20)28)17-11-8-7-9-12-17/h7-9,11-12H,4-6,10,13-15H2,1-3H3,(H,22,26)(H,23,27). The number of anilines is 1. The molecule has 0 atom stereocenters. The van der Waals surface area contributed by atoms with Crippen LogP contribution in [0.15, 0.2) is 35.1 Å². The number of thioether (sulfide) groups is 1. The van der Waals surface area contributed by atoms with E-state index in [0.29, 0.717) is 12.2 Å². The summed E-state index contributed by atoms with van der Waals surface area (Å²) in [6, 6.07) is 9.26. The van der Waals surface area contributed by atoms with Gasteiger partial charge in [-0.1, -0.05) is 44.4 Å². The molecule has 0 aliphatic rings. The third-order valence-electron chi connectivity index (χ3n) is 4.64. The SMILES string of the molecule is CCCCCCNC(=O)CSCC(=O)Nc1c(C)n(C)n(-c2ccccc2)c1=O. The van der Waals surface area contributed by atoms with E-state index in [1.54, 1.807) is 18.7 Å². The predicted octanol–water partition coefficient (Wildman–Crippen LogP) is 2.85. The highest BCUT2D eigenvalue weighted by atomic mass is 32.2. The molecule has 0 bridgehead atoms. The van der Waals surface area contributed by atoms with Gasteiger partial charge < -0.3 is 10.6 Å². The molecular formula is C21H30N4O3S. The van der Waals surface area contributed by atoms with Crippen molar-refractivity contribution in [2.45, 2.75) is 39.5 Å². The van der Waals surface area contributed by atoms with Gasteiger partial charge in [0.05, 0.1) is 22.9 Å². The highest BCUT2D eigenvalue weighted by Crippen LogP contribution is 2.14. The maximum atomic E-state index is 12.8. The molecule has 8 heteroatoms. The molecule has 0 spiro atoms. The van der Waals surface area contributed by atoms with Crippen molar-refractivity contribution in [1.82, 2.24) is 14.7 Å². The molecule has 2 rings (SSSR count). The number of unbranched alkanes of at least 4 members (excludes halogenated alkanes) is 3. The molecule has 0 unspecified atom stereocenters. The number of hydrogen-bond donors (Lipinski definition) is 2. The zero-order chi connectivity index (χ0) is 21.2. The van der Waals surface area contributed by atoms with E-state index in [9.17, 15) is 14.4 Å². The summed E-state index contributed by atoms with van der Waals surface area (Å²) in [6.07, 6.45) is 4.43. The molecule has 1 heterocycles. The minimum absolute atomic E-state index is 0.0679. The molecule has 0 saturated heterocycles. The average Bonchev–Trinajstić information content (AvgIpc) is 2.91. The number of nitrogens with one attached hydrogen (secondary N) is 2. The molecule has 29 heavy (non-hydrogen) atoms. The van der Waals surface area contributed by atoms with E-state index in [4.69, 9.17) is 0 Å². The van der Waals surface area contributed by atoms with Crippen LogP contribution in [0, 0.1) is 6.92 Å². The fraction of sp³-hybridized carbons (Fsp3) is 0.476. The average molecular weight is 419 g/mol. The molecule has 2 aromatic rings. The lowest BCUT2D eigenvalue weighted by Crippen LogP contribution is -2.27. The molecule has 2 N–H and O–H groups in total. The first-order valence-electron chi connectivity index (χ1n) is 9.94. The topological polar surface area (TPSA) is 85.1 Å². The Labute approximate surface area is 175 Å². The van der Waals surface area contributed by atoms with Crippen molar-refractivity contribution in [3.63, 3.8) is 0 Å². The molecule has 1 aromatic heterocycles. The van der Waals surface area contributed by atoms with Crippen LogP contribution in [0.2, 0.25) is 0 Å². The zero-order valence-corrected chi connectivity index (χ0v) is 18.2. The number of hydrogen-bond acceptors (Lipinski definition) is 4. The summed E-state index contributed by atoms with van der Waals surface area (Å²) in [6.45, 7) is 4.61. The van der Waals surface area contributed by atoms with Gasteiger partial charge in [-0.2, -0.15) is 0 Å². The van der Waals surface area contributed by atoms with Crippen LogP contribution in [0.1, 0.15) is 38.3 Å². The third-order valence-corrected chi connectivity index (χ3v) is 5.57. The molecule has 0 radical (unpaired) electrons. The van der Waals surface area contributed by atoms with Crippen molar-refractivity contribution in [2.24, 2.45) is 7.05 Å². The van der Waals surface area contributed by atoms with Gasteiger partial charge >= 0.3 is 0 Å². The summed E-state index contributed by atoms with van der Waals surface area (Å²) in [5.41, 5.74) is 1.39. The number of para-hydroxylation sites is 1. The van der Waals surface area contributed by atoms with E-state index in [1.165, 1.54) is 22.9 Å². The summed E-state index contributed by atoms with van der Waals surface area (Å²) >= 11 is 1.24. The lowest BCUT2D eigenvalue weighted by atomic mass is 10.2. The van der Waals surface area contributed by atoms with Gasteiger partial charge in [0.1, 0.15) is 5.69 Å². The number of rotatable bonds is 11.